The number of aliphatic hydroxyl groups is 2. The number of carbonyl (C=O) groups is 2. The Labute approximate surface area is 125 Å². The Kier molecular flexibility index (Phi) is 4.55. The third-order valence-electron chi connectivity index (χ3n) is 3.30. The smallest absolute Gasteiger partial charge is 0.335 e. The first kappa shape index (κ1) is 15.7. The first-order chi connectivity index (χ1) is 10.4. The van der Waals surface area contributed by atoms with E-state index in [0.717, 1.165) is 0 Å². The standard InChI is InChI=1S/C16H14O6/c17-13(9-1-5-11(6-2-9)15(19)20)14(18)10-3-7-12(8-4-10)16(21)22/h1-8,13-14,17-18H,(H,19,20)(H,21,22)/t13-,14+. The zero-order chi connectivity index (χ0) is 16.3. The SMILES string of the molecule is O=C(O)c1ccc([C@@H](O)[C@@H](O)c2ccc(C(=O)O)cc2)cc1. The van der Waals surface area contributed by atoms with Gasteiger partial charge in [0.15, 0.2) is 0 Å². The number of benzene rings is 2. The molecular formula is C16H14O6. The molecule has 0 bridgehead atoms. The van der Waals surface area contributed by atoms with Gasteiger partial charge in [-0.1, -0.05) is 24.3 Å². The van der Waals surface area contributed by atoms with Gasteiger partial charge in [-0.25, -0.2) is 9.59 Å². The number of aliphatic hydroxyl groups excluding tert-OH is 2. The summed E-state index contributed by atoms with van der Waals surface area (Å²) < 4.78 is 0. The molecule has 0 saturated carbocycles. The topological polar surface area (TPSA) is 115 Å². The van der Waals surface area contributed by atoms with E-state index < -0.39 is 24.1 Å². The molecule has 0 aliphatic heterocycles. The normalized spacial score (nSPS) is 13.4. The Morgan fingerprint density at radius 2 is 0.909 bits per heavy atom. The number of hydrogen-bond donors (Lipinski definition) is 4. The Morgan fingerprint density at radius 3 is 1.14 bits per heavy atom. The molecule has 0 amide bonds. The van der Waals surface area contributed by atoms with Crippen molar-refractivity contribution in [2.45, 2.75) is 12.2 Å². The summed E-state index contributed by atoms with van der Waals surface area (Å²) in [6.07, 6.45) is -2.50. The van der Waals surface area contributed by atoms with Crippen molar-refractivity contribution < 1.29 is 30.0 Å². The molecule has 0 unspecified atom stereocenters. The highest BCUT2D eigenvalue weighted by Crippen LogP contribution is 2.29. The molecule has 2 rings (SSSR count). The molecule has 0 spiro atoms. The summed E-state index contributed by atoms with van der Waals surface area (Å²) in [4.78, 5) is 21.5. The molecule has 6 nitrogen and oxygen atoms in total. The van der Waals surface area contributed by atoms with E-state index in [1.807, 2.05) is 0 Å². The summed E-state index contributed by atoms with van der Waals surface area (Å²) in [5.41, 5.74) is 0.882. The molecule has 2 atom stereocenters. The van der Waals surface area contributed by atoms with E-state index in [0.29, 0.717) is 11.1 Å². The van der Waals surface area contributed by atoms with Crippen molar-refractivity contribution in [1.29, 1.82) is 0 Å². The van der Waals surface area contributed by atoms with E-state index in [2.05, 4.69) is 0 Å². The van der Waals surface area contributed by atoms with Crippen LogP contribution in [0.3, 0.4) is 0 Å². The maximum absolute atomic E-state index is 10.8. The van der Waals surface area contributed by atoms with Gasteiger partial charge in [0.25, 0.3) is 0 Å². The fourth-order valence-corrected chi connectivity index (χ4v) is 2.01. The zero-order valence-electron chi connectivity index (χ0n) is 11.4. The van der Waals surface area contributed by atoms with Gasteiger partial charge < -0.3 is 20.4 Å². The highest BCUT2D eigenvalue weighted by atomic mass is 16.4. The lowest BCUT2D eigenvalue weighted by atomic mass is 9.97. The molecule has 2 aromatic carbocycles. The van der Waals surface area contributed by atoms with Gasteiger partial charge in [0.05, 0.1) is 11.1 Å². The predicted molar refractivity (Wildman–Crippen MR) is 76.7 cm³/mol. The monoisotopic (exact) mass is 302 g/mol. The van der Waals surface area contributed by atoms with Crippen molar-refractivity contribution in [1.82, 2.24) is 0 Å². The van der Waals surface area contributed by atoms with E-state index in [4.69, 9.17) is 10.2 Å². The lowest BCUT2D eigenvalue weighted by molar-refractivity contribution is 0.0172. The number of carboxylic acids is 2. The Morgan fingerprint density at radius 1 is 0.636 bits per heavy atom. The number of rotatable bonds is 5. The van der Waals surface area contributed by atoms with Crippen LogP contribution in [0.2, 0.25) is 0 Å². The predicted octanol–water partition coefficient (Wildman–Crippen LogP) is 1.85. The van der Waals surface area contributed by atoms with Gasteiger partial charge in [-0.3, -0.25) is 0 Å². The van der Waals surface area contributed by atoms with Crippen LogP contribution >= 0.6 is 0 Å². The minimum absolute atomic E-state index is 0.0799. The fourth-order valence-electron chi connectivity index (χ4n) is 2.01. The highest BCUT2D eigenvalue weighted by Gasteiger charge is 2.20. The van der Waals surface area contributed by atoms with Crippen LogP contribution in [-0.4, -0.2) is 32.4 Å². The van der Waals surface area contributed by atoms with Crippen molar-refractivity contribution in [3.8, 4) is 0 Å². The first-order valence-corrected chi connectivity index (χ1v) is 6.43. The van der Waals surface area contributed by atoms with Gasteiger partial charge in [-0.15, -0.1) is 0 Å². The van der Waals surface area contributed by atoms with Crippen LogP contribution in [0.15, 0.2) is 48.5 Å². The fraction of sp³-hybridized carbons (Fsp3) is 0.125. The van der Waals surface area contributed by atoms with Crippen LogP contribution < -0.4 is 0 Å². The average molecular weight is 302 g/mol. The highest BCUT2D eigenvalue weighted by molar-refractivity contribution is 5.88. The molecule has 0 radical (unpaired) electrons. The third-order valence-corrected chi connectivity index (χ3v) is 3.30. The van der Waals surface area contributed by atoms with Crippen LogP contribution in [0.4, 0.5) is 0 Å². The zero-order valence-corrected chi connectivity index (χ0v) is 11.4. The first-order valence-electron chi connectivity index (χ1n) is 6.43. The number of aromatic carboxylic acids is 2. The molecular weight excluding hydrogens is 288 g/mol. The van der Waals surface area contributed by atoms with Crippen molar-refractivity contribution in [2.75, 3.05) is 0 Å². The van der Waals surface area contributed by atoms with Gasteiger partial charge in [-0.05, 0) is 35.4 Å². The van der Waals surface area contributed by atoms with Gasteiger partial charge in [-0.2, -0.15) is 0 Å². The Hall–Kier alpha value is -2.70. The third kappa shape index (κ3) is 3.30. The second-order valence-electron chi connectivity index (χ2n) is 4.74. The average Bonchev–Trinajstić information content (AvgIpc) is 2.53. The molecule has 22 heavy (non-hydrogen) atoms. The summed E-state index contributed by atoms with van der Waals surface area (Å²) in [5.74, 6) is -2.16. The molecule has 0 fully saturated rings. The largest absolute Gasteiger partial charge is 0.478 e. The maximum Gasteiger partial charge on any atom is 0.335 e. The molecule has 4 N–H and O–H groups in total. The molecule has 6 heteroatoms. The van der Waals surface area contributed by atoms with Gasteiger partial charge >= 0.3 is 11.9 Å². The van der Waals surface area contributed by atoms with Gasteiger partial charge in [0.1, 0.15) is 12.2 Å². The molecule has 0 aliphatic carbocycles. The van der Waals surface area contributed by atoms with Crippen LogP contribution in [0.1, 0.15) is 44.1 Å². The van der Waals surface area contributed by atoms with Crippen molar-refractivity contribution >= 4 is 11.9 Å². The van der Waals surface area contributed by atoms with E-state index in [-0.39, 0.29) is 11.1 Å². The molecule has 0 aliphatic rings. The summed E-state index contributed by atoms with van der Waals surface area (Å²) >= 11 is 0. The van der Waals surface area contributed by atoms with Crippen LogP contribution in [-0.2, 0) is 0 Å². The molecule has 114 valence electrons. The van der Waals surface area contributed by atoms with Crippen LogP contribution in [0, 0.1) is 0 Å². The van der Waals surface area contributed by atoms with Crippen molar-refractivity contribution in [2.24, 2.45) is 0 Å². The van der Waals surface area contributed by atoms with Gasteiger partial charge in [0, 0.05) is 0 Å². The second-order valence-corrected chi connectivity index (χ2v) is 4.74. The molecule has 2 aromatic rings. The van der Waals surface area contributed by atoms with E-state index >= 15 is 0 Å². The number of carboxylic acid groups (broad SMARTS) is 2. The van der Waals surface area contributed by atoms with E-state index in [1.165, 1.54) is 48.5 Å². The Balaban J connectivity index is 2.18. The molecule has 0 saturated heterocycles. The number of hydrogen-bond acceptors (Lipinski definition) is 4. The van der Waals surface area contributed by atoms with E-state index in [9.17, 15) is 19.8 Å². The summed E-state index contributed by atoms with van der Waals surface area (Å²) in [5, 5.41) is 37.9. The minimum Gasteiger partial charge on any atom is -0.478 e. The van der Waals surface area contributed by atoms with Crippen LogP contribution in [0.25, 0.3) is 0 Å². The quantitative estimate of drug-likeness (QED) is 0.670. The van der Waals surface area contributed by atoms with Crippen LogP contribution in [0.5, 0.6) is 0 Å². The molecule has 0 heterocycles. The maximum atomic E-state index is 10.8. The minimum atomic E-state index is -1.25. The van der Waals surface area contributed by atoms with Crippen molar-refractivity contribution in [3.63, 3.8) is 0 Å². The van der Waals surface area contributed by atoms with Gasteiger partial charge in [0.2, 0.25) is 0 Å². The summed E-state index contributed by atoms with van der Waals surface area (Å²) in [6.45, 7) is 0. The Bertz CT molecular complexity index is 613. The van der Waals surface area contributed by atoms with Crippen molar-refractivity contribution in [3.05, 3.63) is 70.8 Å². The lowest BCUT2D eigenvalue weighted by Crippen LogP contribution is -2.11. The second kappa shape index (κ2) is 6.38. The molecule has 0 aromatic heterocycles. The summed E-state index contributed by atoms with van der Waals surface area (Å²) in [7, 11) is 0. The lowest BCUT2D eigenvalue weighted by Gasteiger charge is -2.18. The van der Waals surface area contributed by atoms with E-state index in [1.54, 1.807) is 0 Å². The summed E-state index contributed by atoms with van der Waals surface area (Å²) in [6, 6.07) is 11.0.